The van der Waals surface area contributed by atoms with E-state index in [1.807, 2.05) is 0 Å². The van der Waals surface area contributed by atoms with Crippen LogP contribution in [0.25, 0.3) is 0 Å². The molecule has 0 aromatic heterocycles. The molecule has 1 rings (SSSR count). The molecule has 0 atom stereocenters. The van der Waals surface area contributed by atoms with E-state index in [9.17, 15) is 17.7 Å². The molecule has 1 N–H and O–H groups in total. The zero-order chi connectivity index (χ0) is 11.5. The molecule has 0 heterocycles. The molecule has 1 aromatic rings. The van der Waals surface area contributed by atoms with Crippen LogP contribution in [0.1, 0.15) is 12.0 Å². The van der Waals surface area contributed by atoms with Crippen LogP contribution in [-0.2, 0) is 11.2 Å². The average Bonchev–Trinajstić information content (AvgIpc) is 2.14. The summed E-state index contributed by atoms with van der Waals surface area (Å²) in [6.07, 6.45) is 0.178. The van der Waals surface area contributed by atoms with Crippen LogP contribution in [0.5, 0.6) is 0 Å². The SMILES string of the molecule is O=C(O)CCc1ccc([B-](F)(F)F)cc1. The van der Waals surface area contributed by atoms with Gasteiger partial charge in [0, 0.05) is 6.42 Å². The summed E-state index contributed by atoms with van der Waals surface area (Å²) in [6.45, 7) is -4.96. The van der Waals surface area contributed by atoms with Gasteiger partial charge < -0.3 is 18.1 Å². The molecule has 0 aliphatic carbocycles. The normalized spacial score (nSPS) is 11.4. The van der Waals surface area contributed by atoms with Crippen LogP contribution in [0, 0.1) is 0 Å². The predicted octanol–water partition coefficient (Wildman–Crippen LogP) is 1.76. The van der Waals surface area contributed by atoms with Crippen LogP contribution in [0.3, 0.4) is 0 Å². The quantitative estimate of drug-likeness (QED) is 0.780. The molecule has 15 heavy (non-hydrogen) atoms. The molecule has 0 aliphatic rings. The lowest BCUT2D eigenvalue weighted by atomic mass is 9.80. The van der Waals surface area contributed by atoms with Crippen LogP contribution in [0.4, 0.5) is 12.9 Å². The Balaban J connectivity index is 2.69. The van der Waals surface area contributed by atoms with Gasteiger partial charge in [0.1, 0.15) is 0 Å². The Morgan fingerprint density at radius 2 is 1.73 bits per heavy atom. The summed E-state index contributed by atoms with van der Waals surface area (Å²) in [4.78, 5) is 10.2. The summed E-state index contributed by atoms with van der Waals surface area (Å²) >= 11 is 0. The zero-order valence-corrected chi connectivity index (χ0v) is 7.79. The van der Waals surface area contributed by atoms with Gasteiger partial charge in [0.25, 0.3) is 0 Å². The van der Waals surface area contributed by atoms with Gasteiger partial charge in [0.2, 0.25) is 0 Å². The Kier molecular flexibility index (Phi) is 3.39. The van der Waals surface area contributed by atoms with Crippen molar-refractivity contribution in [2.24, 2.45) is 0 Å². The number of aliphatic carboxylic acids is 1. The van der Waals surface area contributed by atoms with Crippen LogP contribution in [0.15, 0.2) is 24.3 Å². The minimum Gasteiger partial charge on any atom is -0.481 e. The fourth-order valence-corrected chi connectivity index (χ4v) is 1.15. The second-order valence-corrected chi connectivity index (χ2v) is 3.21. The highest BCUT2D eigenvalue weighted by Crippen LogP contribution is 2.10. The minimum atomic E-state index is -4.96. The third-order valence-electron chi connectivity index (χ3n) is 1.99. The Bertz CT molecular complexity index is 345. The lowest BCUT2D eigenvalue weighted by Gasteiger charge is -2.14. The molecule has 1 aromatic carbocycles. The average molecular weight is 217 g/mol. The lowest BCUT2D eigenvalue weighted by Crippen LogP contribution is -2.33. The molecule has 0 amide bonds. The highest BCUT2D eigenvalue weighted by atomic mass is 19.4. The van der Waals surface area contributed by atoms with Crippen LogP contribution in [0.2, 0.25) is 0 Å². The van der Waals surface area contributed by atoms with E-state index in [0.29, 0.717) is 5.56 Å². The first-order valence-corrected chi connectivity index (χ1v) is 4.40. The summed E-state index contributed by atoms with van der Waals surface area (Å²) in [5.74, 6) is -0.959. The summed E-state index contributed by atoms with van der Waals surface area (Å²) in [5.41, 5.74) is -0.0599. The number of hydrogen-bond acceptors (Lipinski definition) is 1. The Labute approximate surface area is 84.8 Å². The third-order valence-corrected chi connectivity index (χ3v) is 1.99. The number of carbonyl (C=O) groups is 1. The second-order valence-electron chi connectivity index (χ2n) is 3.21. The van der Waals surface area contributed by atoms with Crippen LogP contribution >= 0.6 is 0 Å². The summed E-state index contributed by atoms with van der Waals surface area (Å²) in [7, 11) is 0. The van der Waals surface area contributed by atoms with Crippen molar-refractivity contribution in [2.45, 2.75) is 12.8 Å². The van der Waals surface area contributed by atoms with Crippen molar-refractivity contribution in [3.63, 3.8) is 0 Å². The van der Waals surface area contributed by atoms with E-state index in [1.54, 1.807) is 0 Å². The lowest BCUT2D eigenvalue weighted by molar-refractivity contribution is -0.136. The summed E-state index contributed by atoms with van der Waals surface area (Å²) < 4.78 is 36.6. The molecule has 0 bridgehead atoms. The van der Waals surface area contributed by atoms with Gasteiger partial charge in [-0.15, -0.1) is 5.46 Å². The summed E-state index contributed by atoms with van der Waals surface area (Å²) in [6, 6.07) is 4.59. The Morgan fingerprint density at radius 3 is 2.13 bits per heavy atom. The van der Waals surface area contributed by atoms with Crippen molar-refractivity contribution in [3.05, 3.63) is 29.8 Å². The van der Waals surface area contributed by atoms with Gasteiger partial charge in [-0.1, -0.05) is 24.3 Å². The molecule has 0 spiro atoms. The van der Waals surface area contributed by atoms with Crippen LogP contribution < -0.4 is 5.46 Å². The van der Waals surface area contributed by atoms with E-state index in [4.69, 9.17) is 5.11 Å². The number of carboxylic acid groups (broad SMARTS) is 1. The van der Waals surface area contributed by atoms with Gasteiger partial charge in [0.05, 0.1) is 0 Å². The molecular weight excluding hydrogens is 208 g/mol. The first-order chi connectivity index (χ1) is 6.89. The van der Waals surface area contributed by atoms with E-state index in [1.165, 1.54) is 12.1 Å². The Hall–Kier alpha value is -1.46. The molecular formula is C9H9BF3O2-. The highest BCUT2D eigenvalue weighted by molar-refractivity contribution is 6.73. The van der Waals surface area contributed by atoms with Crippen molar-refractivity contribution in [1.29, 1.82) is 0 Å². The fourth-order valence-electron chi connectivity index (χ4n) is 1.15. The number of benzene rings is 1. The zero-order valence-electron chi connectivity index (χ0n) is 7.79. The smallest absolute Gasteiger partial charge is 0.481 e. The maximum atomic E-state index is 12.2. The van der Waals surface area contributed by atoms with Gasteiger partial charge in [-0.25, -0.2) is 0 Å². The maximum absolute atomic E-state index is 12.2. The first kappa shape index (κ1) is 11.6. The van der Waals surface area contributed by atoms with Crippen LogP contribution in [-0.4, -0.2) is 18.1 Å². The maximum Gasteiger partial charge on any atom is 0.509 e. The number of halogens is 3. The van der Waals surface area contributed by atoms with E-state index >= 15 is 0 Å². The van der Waals surface area contributed by atoms with E-state index in [-0.39, 0.29) is 12.8 Å². The largest absolute Gasteiger partial charge is 0.509 e. The number of hydrogen-bond donors (Lipinski definition) is 1. The molecule has 82 valence electrons. The topological polar surface area (TPSA) is 37.3 Å². The monoisotopic (exact) mass is 217 g/mol. The number of carboxylic acids is 1. The predicted molar refractivity (Wildman–Crippen MR) is 51.1 cm³/mol. The fraction of sp³-hybridized carbons (Fsp3) is 0.222. The molecule has 0 fully saturated rings. The van der Waals surface area contributed by atoms with Gasteiger partial charge >= 0.3 is 12.9 Å². The standard InChI is InChI=1S/C9H9BF3O2/c11-10(12,13)8-4-1-7(2-5-8)3-6-9(14)15/h1-2,4-5H,3,6H2,(H,14,15)/q-1. The molecule has 0 aliphatic heterocycles. The third kappa shape index (κ3) is 3.65. The van der Waals surface area contributed by atoms with Crippen molar-refractivity contribution in [3.8, 4) is 0 Å². The van der Waals surface area contributed by atoms with Crippen molar-refractivity contribution < 1.29 is 22.8 Å². The van der Waals surface area contributed by atoms with Gasteiger partial charge in [-0.05, 0) is 12.0 Å². The molecule has 0 radical (unpaired) electrons. The van der Waals surface area contributed by atoms with Gasteiger partial charge in [-0.2, -0.15) is 0 Å². The molecule has 0 saturated carbocycles. The highest BCUT2D eigenvalue weighted by Gasteiger charge is 2.24. The molecule has 2 nitrogen and oxygen atoms in total. The molecule has 0 unspecified atom stereocenters. The molecule has 0 saturated heterocycles. The van der Waals surface area contributed by atoms with Crippen molar-refractivity contribution >= 4 is 18.4 Å². The van der Waals surface area contributed by atoms with E-state index < -0.39 is 18.4 Å². The van der Waals surface area contributed by atoms with Crippen molar-refractivity contribution in [1.82, 2.24) is 0 Å². The number of aryl methyl sites for hydroxylation is 1. The van der Waals surface area contributed by atoms with Gasteiger partial charge in [0.15, 0.2) is 0 Å². The van der Waals surface area contributed by atoms with Gasteiger partial charge in [-0.3, -0.25) is 4.79 Å². The van der Waals surface area contributed by atoms with Crippen molar-refractivity contribution in [2.75, 3.05) is 0 Å². The number of rotatable bonds is 4. The Morgan fingerprint density at radius 1 is 1.20 bits per heavy atom. The summed E-state index contributed by atoms with van der Waals surface area (Å²) in [5, 5.41) is 8.38. The van der Waals surface area contributed by atoms with E-state index in [0.717, 1.165) is 12.1 Å². The van der Waals surface area contributed by atoms with E-state index in [2.05, 4.69) is 0 Å². The second kappa shape index (κ2) is 4.38. The molecule has 6 heteroatoms. The first-order valence-electron chi connectivity index (χ1n) is 4.40. The minimum absolute atomic E-state index is 0.0729.